The second kappa shape index (κ2) is 7.13. The Morgan fingerprint density at radius 3 is 2.57 bits per heavy atom. The van der Waals surface area contributed by atoms with Gasteiger partial charge in [-0.3, -0.25) is 0 Å². The Balaban J connectivity index is 1.81. The lowest BCUT2D eigenvalue weighted by atomic mass is 10.0. The van der Waals surface area contributed by atoms with Crippen LogP contribution in [0.5, 0.6) is 5.75 Å². The highest BCUT2D eigenvalue weighted by atomic mass is 32.2. The Bertz CT molecular complexity index is 552. The van der Waals surface area contributed by atoms with Crippen LogP contribution < -0.4 is 10.1 Å². The predicted octanol–water partition coefficient (Wildman–Crippen LogP) is 1.62. The molecule has 0 spiro atoms. The summed E-state index contributed by atoms with van der Waals surface area (Å²) in [7, 11) is -1.19. The number of nitrogens with one attached hydrogen (secondary N) is 1. The molecule has 1 saturated heterocycles. The predicted molar refractivity (Wildman–Crippen MR) is 85.8 cm³/mol. The van der Waals surface area contributed by atoms with Gasteiger partial charge in [0.1, 0.15) is 15.6 Å². The number of anilines is 1. The van der Waals surface area contributed by atoms with Crippen molar-refractivity contribution in [3.8, 4) is 5.75 Å². The van der Waals surface area contributed by atoms with Crippen molar-refractivity contribution in [1.29, 1.82) is 0 Å². The van der Waals surface area contributed by atoms with Crippen LogP contribution in [-0.4, -0.2) is 58.1 Å². The van der Waals surface area contributed by atoms with Crippen molar-refractivity contribution in [2.75, 3.05) is 44.1 Å². The minimum atomic E-state index is -2.87. The lowest BCUT2D eigenvalue weighted by Gasteiger charge is -2.32. The first-order valence-corrected chi connectivity index (χ1v) is 9.33. The number of likely N-dealkylation sites (tertiary alicyclic amines) is 1. The summed E-state index contributed by atoms with van der Waals surface area (Å²) in [4.78, 5) is 2.22. The largest absolute Gasteiger partial charge is 0.495 e. The number of methoxy groups -OCH3 is 1. The van der Waals surface area contributed by atoms with Crippen LogP contribution in [0.15, 0.2) is 24.3 Å². The Hall–Kier alpha value is -1.27. The van der Waals surface area contributed by atoms with Gasteiger partial charge in [-0.15, -0.1) is 0 Å². The van der Waals surface area contributed by atoms with Crippen LogP contribution in [0.25, 0.3) is 0 Å². The van der Waals surface area contributed by atoms with E-state index in [1.807, 2.05) is 24.3 Å². The van der Waals surface area contributed by atoms with Crippen LogP contribution in [0.4, 0.5) is 5.69 Å². The summed E-state index contributed by atoms with van der Waals surface area (Å²) in [5.41, 5.74) is 1.02. The van der Waals surface area contributed by atoms with Gasteiger partial charge in [-0.05, 0) is 25.0 Å². The zero-order valence-corrected chi connectivity index (χ0v) is 13.5. The number of benzene rings is 1. The van der Waals surface area contributed by atoms with Crippen LogP contribution in [0.1, 0.15) is 12.8 Å². The van der Waals surface area contributed by atoms with E-state index in [2.05, 4.69) is 10.2 Å². The number of para-hydroxylation sites is 2. The lowest BCUT2D eigenvalue weighted by Crippen LogP contribution is -2.41. The topological polar surface area (TPSA) is 58.6 Å². The first-order chi connectivity index (χ1) is 9.98. The molecule has 1 aromatic carbocycles. The van der Waals surface area contributed by atoms with Gasteiger partial charge in [-0.1, -0.05) is 12.1 Å². The van der Waals surface area contributed by atoms with Crippen LogP contribution in [0, 0.1) is 0 Å². The van der Waals surface area contributed by atoms with Crippen molar-refractivity contribution in [2.45, 2.75) is 18.9 Å². The summed E-state index contributed by atoms with van der Waals surface area (Å²) >= 11 is 0. The van der Waals surface area contributed by atoms with Gasteiger partial charge in [-0.25, -0.2) is 8.42 Å². The molecule has 6 heteroatoms. The molecule has 118 valence electrons. The molecule has 1 aliphatic heterocycles. The quantitative estimate of drug-likeness (QED) is 0.865. The van der Waals surface area contributed by atoms with E-state index in [9.17, 15) is 8.42 Å². The molecule has 0 aliphatic carbocycles. The number of hydrogen-bond acceptors (Lipinski definition) is 5. The summed E-state index contributed by atoms with van der Waals surface area (Å²) in [6, 6.07) is 8.33. The van der Waals surface area contributed by atoms with Crippen molar-refractivity contribution in [1.82, 2.24) is 4.90 Å². The van der Waals surface area contributed by atoms with Gasteiger partial charge in [0.15, 0.2) is 0 Å². The molecule has 1 N–H and O–H groups in total. The third-order valence-corrected chi connectivity index (χ3v) is 4.76. The number of hydrogen-bond donors (Lipinski definition) is 1. The molecule has 0 unspecified atom stereocenters. The van der Waals surface area contributed by atoms with Crippen molar-refractivity contribution in [3.05, 3.63) is 24.3 Å². The summed E-state index contributed by atoms with van der Waals surface area (Å²) < 4.78 is 27.7. The molecular formula is C15H24N2O3S. The van der Waals surface area contributed by atoms with E-state index >= 15 is 0 Å². The molecule has 1 aliphatic rings. The standard InChI is InChI=1S/C15H24N2O3S/c1-20-15-6-4-3-5-14(15)16-13-7-9-17(10-8-13)11-12-21(2,18)19/h3-6,13,16H,7-12H2,1-2H3. The van der Waals surface area contributed by atoms with Crippen LogP contribution in [0.2, 0.25) is 0 Å². The second-order valence-corrected chi connectivity index (χ2v) is 7.85. The Kier molecular flexibility index (Phi) is 5.47. The fourth-order valence-corrected chi connectivity index (χ4v) is 3.17. The first-order valence-electron chi connectivity index (χ1n) is 7.27. The minimum Gasteiger partial charge on any atom is -0.495 e. The van der Waals surface area contributed by atoms with E-state index in [4.69, 9.17) is 4.74 Å². The van der Waals surface area contributed by atoms with Gasteiger partial charge in [0.2, 0.25) is 0 Å². The molecule has 0 amide bonds. The number of rotatable bonds is 6. The SMILES string of the molecule is COc1ccccc1NC1CCN(CCS(C)(=O)=O)CC1. The molecule has 0 bridgehead atoms. The highest BCUT2D eigenvalue weighted by Crippen LogP contribution is 2.26. The maximum absolute atomic E-state index is 11.2. The average Bonchev–Trinajstić information content (AvgIpc) is 2.46. The molecule has 0 atom stereocenters. The third-order valence-electron chi connectivity index (χ3n) is 3.83. The summed E-state index contributed by atoms with van der Waals surface area (Å²) in [6.07, 6.45) is 3.33. The maximum atomic E-state index is 11.2. The summed E-state index contributed by atoms with van der Waals surface area (Å²) in [5, 5.41) is 3.52. The molecule has 1 fully saturated rings. The number of sulfone groups is 1. The molecule has 2 rings (SSSR count). The van der Waals surface area contributed by atoms with Crippen molar-refractivity contribution < 1.29 is 13.2 Å². The highest BCUT2D eigenvalue weighted by Gasteiger charge is 2.20. The fourth-order valence-electron chi connectivity index (χ4n) is 2.58. The molecular weight excluding hydrogens is 288 g/mol. The Morgan fingerprint density at radius 1 is 1.29 bits per heavy atom. The minimum absolute atomic E-state index is 0.248. The van der Waals surface area contributed by atoms with Gasteiger partial charge in [0, 0.05) is 31.9 Å². The summed E-state index contributed by atoms with van der Waals surface area (Å²) in [5.74, 6) is 1.11. The Morgan fingerprint density at radius 2 is 1.95 bits per heavy atom. The molecule has 0 aromatic heterocycles. The van der Waals surface area contributed by atoms with E-state index in [1.165, 1.54) is 6.26 Å². The zero-order chi connectivity index (χ0) is 15.3. The van der Waals surface area contributed by atoms with Crippen molar-refractivity contribution in [3.63, 3.8) is 0 Å². The smallest absolute Gasteiger partial charge is 0.148 e. The van der Waals surface area contributed by atoms with E-state index in [-0.39, 0.29) is 5.75 Å². The normalized spacial score (nSPS) is 17.6. The van der Waals surface area contributed by atoms with Gasteiger partial charge in [0.25, 0.3) is 0 Å². The van der Waals surface area contributed by atoms with Crippen LogP contribution in [0.3, 0.4) is 0 Å². The van der Waals surface area contributed by atoms with Gasteiger partial charge in [-0.2, -0.15) is 0 Å². The average molecular weight is 312 g/mol. The lowest BCUT2D eigenvalue weighted by molar-refractivity contribution is 0.230. The van der Waals surface area contributed by atoms with Crippen LogP contribution in [-0.2, 0) is 9.84 Å². The maximum Gasteiger partial charge on any atom is 0.148 e. The molecule has 5 nitrogen and oxygen atoms in total. The second-order valence-electron chi connectivity index (χ2n) is 5.59. The van der Waals surface area contributed by atoms with Gasteiger partial charge in [0.05, 0.1) is 18.6 Å². The summed E-state index contributed by atoms with van der Waals surface area (Å²) in [6.45, 7) is 2.50. The van der Waals surface area contributed by atoms with Crippen molar-refractivity contribution >= 4 is 15.5 Å². The fraction of sp³-hybridized carbons (Fsp3) is 0.600. The number of piperidine rings is 1. The zero-order valence-electron chi connectivity index (χ0n) is 12.7. The highest BCUT2D eigenvalue weighted by molar-refractivity contribution is 7.90. The van der Waals surface area contributed by atoms with E-state index in [0.717, 1.165) is 37.4 Å². The molecule has 1 heterocycles. The van der Waals surface area contributed by atoms with Crippen molar-refractivity contribution in [2.24, 2.45) is 0 Å². The molecule has 1 aromatic rings. The van der Waals surface area contributed by atoms with Crippen LogP contribution >= 0.6 is 0 Å². The molecule has 0 radical (unpaired) electrons. The molecule has 21 heavy (non-hydrogen) atoms. The van der Waals surface area contributed by atoms with E-state index in [1.54, 1.807) is 7.11 Å². The van der Waals surface area contributed by atoms with Gasteiger partial charge < -0.3 is 15.0 Å². The number of ether oxygens (including phenoxy) is 1. The monoisotopic (exact) mass is 312 g/mol. The molecule has 0 saturated carbocycles. The van der Waals surface area contributed by atoms with Gasteiger partial charge >= 0.3 is 0 Å². The van der Waals surface area contributed by atoms with E-state index < -0.39 is 9.84 Å². The Labute approximate surface area is 127 Å². The number of nitrogens with zero attached hydrogens (tertiary/aromatic N) is 1. The third kappa shape index (κ3) is 5.21. The first kappa shape index (κ1) is 16.1. The van der Waals surface area contributed by atoms with E-state index in [0.29, 0.717) is 12.6 Å².